The standard InChI is InChI=1S/C12H22F3NO2/c1-10(11-3-7-17-8-4-11)16-5-2-6-18-9-12(13,14)15/h10-11,16H,2-9H2,1H3. The quantitative estimate of drug-likeness (QED) is 0.720. The molecule has 0 aromatic rings. The average molecular weight is 269 g/mol. The Bertz CT molecular complexity index is 218. The smallest absolute Gasteiger partial charge is 0.381 e. The minimum atomic E-state index is -4.22. The van der Waals surface area contributed by atoms with Crippen LogP contribution < -0.4 is 5.32 Å². The van der Waals surface area contributed by atoms with E-state index >= 15 is 0 Å². The molecule has 1 aliphatic heterocycles. The van der Waals surface area contributed by atoms with E-state index in [-0.39, 0.29) is 6.61 Å². The lowest BCUT2D eigenvalue weighted by molar-refractivity contribution is -0.173. The van der Waals surface area contributed by atoms with Crippen LogP contribution >= 0.6 is 0 Å². The van der Waals surface area contributed by atoms with Gasteiger partial charge >= 0.3 is 6.18 Å². The molecule has 0 aliphatic carbocycles. The summed E-state index contributed by atoms with van der Waals surface area (Å²) in [6.07, 6.45) is -1.51. The van der Waals surface area contributed by atoms with E-state index in [1.165, 1.54) is 0 Å². The molecule has 0 radical (unpaired) electrons. The Hall–Kier alpha value is -0.330. The molecule has 0 aromatic carbocycles. The molecule has 3 nitrogen and oxygen atoms in total. The lowest BCUT2D eigenvalue weighted by Crippen LogP contribution is -2.37. The van der Waals surface area contributed by atoms with Crippen molar-refractivity contribution in [2.75, 3.05) is 33.0 Å². The van der Waals surface area contributed by atoms with Crippen molar-refractivity contribution in [1.82, 2.24) is 5.32 Å². The molecule has 1 aliphatic rings. The average Bonchev–Trinajstić information content (AvgIpc) is 2.33. The topological polar surface area (TPSA) is 30.5 Å². The second kappa shape index (κ2) is 7.96. The number of nitrogens with one attached hydrogen (secondary N) is 1. The molecule has 1 fully saturated rings. The Kier molecular flexibility index (Phi) is 6.96. The summed E-state index contributed by atoms with van der Waals surface area (Å²) in [5.41, 5.74) is 0. The van der Waals surface area contributed by atoms with Gasteiger partial charge in [-0.2, -0.15) is 13.2 Å². The maximum absolute atomic E-state index is 11.8. The van der Waals surface area contributed by atoms with Gasteiger partial charge in [0.05, 0.1) is 0 Å². The van der Waals surface area contributed by atoms with Gasteiger partial charge in [0.1, 0.15) is 6.61 Å². The number of hydrogen-bond acceptors (Lipinski definition) is 3. The predicted octanol–water partition coefficient (Wildman–Crippen LogP) is 2.36. The Morgan fingerprint density at radius 1 is 1.33 bits per heavy atom. The van der Waals surface area contributed by atoms with Crippen LogP contribution in [0.2, 0.25) is 0 Å². The van der Waals surface area contributed by atoms with Crippen molar-refractivity contribution >= 4 is 0 Å². The van der Waals surface area contributed by atoms with Crippen LogP contribution in [0.1, 0.15) is 26.2 Å². The number of alkyl halides is 3. The first kappa shape index (κ1) is 15.7. The summed E-state index contributed by atoms with van der Waals surface area (Å²) >= 11 is 0. The van der Waals surface area contributed by atoms with Gasteiger partial charge in [0.15, 0.2) is 0 Å². The fourth-order valence-electron chi connectivity index (χ4n) is 2.07. The normalized spacial score (nSPS) is 20.0. The van der Waals surface area contributed by atoms with E-state index in [0.717, 1.165) is 26.1 Å². The summed E-state index contributed by atoms with van der Waals surface area (Å²) in [4.78, 5) is 0. The predicted molar refractivity (Wildman–Crippen MR) is 62.5 cm³/mol. The van der Waals surface area contributed by atoms with E-state index in [9.17, 15) is 13.2 Å². The van der Waals surface area contributed by atoms with E-state index in [1.807, 2.05) is 0 Å². The molecule has 108 valence electrons. The first-order valence-corrected chi connectivity index (χ1v) is 6.44. The highest BCUT2D eigenvalue weighted by atomic mass is 19.4. The molecule has 18 heavy (non-hydrogen) atoms. The third-order valence-electron chi connectivity index (χ3n) is 3.17. The van der Waals surface area contributed by atoms with Gasteiger partial charge in [-0.3, -0.25) is 0 Å². The lowest BCUT2D eigenvalue weighted by atomic mass is 9.93. The summed E-state index contributed by atoms with van der Waals surface area (Å²) in [7, 11) is 0. The van der Waals surface area contributed by atoms with Crippen LogP contribution in [0.25, 0.3) is 0 Å². The largest absolute Gasteiger partial charge is 0.411 e. The van der Waals surface area contributed by atoms with Crippen LogP contribution in [0, 0.1) is 5.92 Å². The van der Waals surface area contributed by atoms with Crippen molar-refractivity contribution in [2.45, 2.75) is 38.4 Å². The second-order valence-corrected chi connectivity index (χ2v) is 4.71. The number of hydrogen-bond donors (Lipinski definition) is 1. The molecule has 6 heteroatoms. The van der Waals surface area contributed by atoms with E-state index < -0.39 is 12.8 Å². The molecular weight excluding hydrogens is 247 g/mol. The van der Waals surface area contributed by atoms with E-state index in [4.69, 9.17) is 4.74 Å². The Morgan fingerprint density at radius 3 is 2.61 bits per heavy atom. The minimum Gasteiger partial charge on any atom is -0.381 e. The summed E-state index contributed by atoms with van der Waals surface area (Å²) in [6.45, 7) is 3.43. The molecule has 1 N–H and O–H groups in total. The molecule has 1 rings (SSSR count). The maximum atomic E-state index is 11.8. The Balaban J connectivity index is 1.96. The van der Waals surface area contributed by atoms with Crippen molar-refractivity contribution in [1.29, 1.82) is 0 Å². The lowest BCUT2D eigenvalue weighted by Gasteiger charge is -2.28. The van der Waals surface area contributed by atoms with Crippen LogP contribution in [-0.4, -0.2) is 45.2 Å². The molecule has 1 heterocycles. The summed E-state index contributed by atoms with van der Waals surface area (Å²) in [5, 5.41) is 3.33. The van der Waals surface area contributed by atoms with Crippen molar-refractivity contribution in [3.63, 3.8) is 0 Å². The third-order valence-corrected chi connectivity index (χ3v) is 3.17. The molecule has 0 spiro atoms. The van der Waals surface area contributed by atoms with Crippen molar-refractivity contribution in [3.8, 4) is 0 Å². The highest BCUT2D eigenvalue weighted by Gasteiger charge is 2.27. The van der Waals surface area contributed by atoms with E-state index in [1.54, 1.807) is 0 Å². The van der Waals surface area contributed by atoms with Gasteiger partial charge in [0.2, 0.25) is 0 Å². The minimum absolute atomic E-state index is 0.146. The molecule has 0 amide bonds. The van der Waals surface area contributed by atoms with Gasteiger partial charge in [0, 0.05) is 25.9 Å². The van der Waals surface area contributed by atoms with E-state index in [0.29, 0.717) is 24.9 Å². The highest BCUT2D eigenvalue weighted by molar-refractivity contribution is 4.74. The summed E-state index contributed by atoms with van der Waals surface area (Å²) in [5.74, 6) is 0.606. The molecule has 0 bridgehead atoms. The van der Waals surface area contributed by atoms with Crippen LogP contribution in [0.3, 0.4) is 0 Å². The first-order valence-electron chi connectivity index (χ1n) is 6.44. The van der Waals surface area contributed by atoms with Gasteiger partial charge in [-0.1, -0.05) is 0 Å². The van der Waals surface area contributed by atoms with Crippen molar-refractivity contribution in [2.24, 2.45) is 5.92 Å². The van der Waals surface area contributed by atoms with Crippen LogP contribution in [0.5, 0.6) is 0 Å². The molecule has 1 saturated heterocycles. The highest BCUT2D eigenvalue weighted by Crippen LogP contribution is 2.18. The fourth-order valence-corrected chi connectivity index (χ4v) is 2.07. The molecule has 1 atom stereocenters. The second-order valence-electron chi connectivity index (χ2n) is 4.71. The van der Waals surface area contributed by atoms with Crippen LogP contribution in [-0.2, 0) is 9.47 Å². The van der Waals surface area contributed by atoms with Gasteiger partial charge in [-0.15, -0.1) is 0 Å². The van der Waals surface area contributed by atoms with Crippen molar-refractivity contribution < 1.29 is 22.6 Å². The van der Waals surface area contributed by atoms with Gasteiger partial charge in [-0.05, 0) is 38.6 Å². The zero-order valence-electron chi connectivity index (χ0n) is 10.8. The van der Waals surface area contributed by atoms with Crippen molar-refractivity contribution in [3.05, 3.63) is 0 Å². The molecular formula is C12H22F3NO2. The number of halogens is 3. The molecule has 0 saturated carbocycles. The molecule has 1 unspecified atom stereocenters. The summed E-state index contributed by atoms with van der Waals surface area (Å²) in [6, 6.07) is 0.386. The third kappa shape index (κ3) is 7.18. The Labute approximate surface area is 106 Å². The van der Waals surface area contributed by atoms with Gasteiger partial charge < -0.3 is 14.8 Å². The first-order chi connectivity index (χ1) is 8.49. The van der Waals surface area contributed by atoms with E-state index in [2.05, 4.69) is 17.0 Å². The van der Waals surface area contributed by atoms with Crippen LogP contribution in [0.4, 0.5) is 13.2 Å². The monoisotopic (exact) mass is 269 g/mol. The number of ether oxygens (including phenoxy) is 2. The van der Waals surface area contributed by atoms with Gasteiger partial charge in [0.25, 0.3) is 0 Å². The SMILES string of the molecule is CC(NCCCOCC(F)(F)F)C1CCOCC1. The number of rotatable bonds is 7. The maximum Gasteiger partial charge on any atom is 0.411 e. The zero-order valence-corrected chi connectivity index (χ0v) is 10.8. The Morgan fingerprint density at radius 2 is 2.00 bits per heavy atom. The van der Waals surface area contributed by atoms with Gasteiger partial charge in [-0.25, -0.2) is 0 Å². The fraction of sp³-hybridized carbons (Fsp3) is 1.00. The summed E-state index contributed by atoms with van der Waals surface area (Å²) < 4.78 is 45.2. The van der Waals surface area contributed by atoms with Crippen LogP contribution in [0.15, 0.2) is 0 Å². The molecule has 0 aromatic heterocycles. The zero-order chi connectivity index (χ0) is 13.4.